The topological polar surface area (TPSA) is 105 Å². The van der Waals surface area contributed by atoms with Crippen LogP contribution < -0.4 is 4.74 Å². The molecule has 26 heavy (non-hydrogen) atoms. The van der Waals surface area contributed by atoms with Crippen LogP contribution in [0.15, 0.2) is 59.8 Å². The van der Waals surface area contributed by atoms with Gasteiger partial charge in [0.05, 0.1) is 12.1 Å². The third-order valence-corrected chi connectivity index (χ3v) is 4.03. The molecule has 2 N–H and O–H groups in total. The maximum absolute atomic E-state index is 11.5. The first-order chi connectivity index (χ1) is 12.5. The molecule has 1 aliphatic heterocycles. The van der Waals surface area contributed by atoms with Gasteiger partial charge in [-0.15, -0.1) is 0 Å². The summed E-state index contributed by atoms with van der Waals surface area (Å²) in [7, 11) is 0. The van der Waals surface area contributed by atoms with Crippen molar-refractivity contribution in [2.24, 2.45) is 5.16 Å². The Hall–Kier alpha value is -3.35. The summed E-state index contributed by atoms with van der Waals surface area (Å²) in [5, 5.41) is 22.1. The normalized spacial score (nSPS) is 18.7. The van der Waals surface area contributed by atoms with E-state index in [1.54, 1.807) is 24.3 Å². The van der Waals surface area contributed by atoms with E-state index in [0.29, 0.717) is 23.6 Å². The first-order valence-electron chi connectivity index (χ1n) is 7.96. The number of hydrogen-bond acceptors (Lipinski definition) is 5. The molecular weight excluding hydrogens is 338 g/mol. The molecule has 0 saturated carbocycles. The van der Waals surface area contributed by atoms with Gasteiger partial charge in [0.2, 0.25) is 5.60 Å². The summed E-state index contributed by atoms with van der Waals surface area (Å²) in [5.74, 6) is -2.01. The fourth-order valence-electron chi connectivity index (χ4n) is 2.67. The third-order valence-electron chi connectivity index (χ3n) is 4.03. The van der Waals surface area contributed by atoms with Crippen molar-refractivity contribution in [3.05, 3.63) is 65.7 Å². The number of ether oxygens (including phenoxy) is 1. The predicted octanol–water partition coefficient (Wildman–Crippen LogP) is 2.69. The maximum atomic E-state index is 11.5. The van der Waals surface area contributed by atoms with Crippen LogP contribution in [-0.4, -0.2) is 33.5 Å². The smallest absolute Gasteiger partial charge is 0.351 e. The van der Waals surface area contributed by atoms with E-state index >= 15 is 0 Å². The van der Waals surface area contributed by atoms with Gasteiger partial charge in [-0.2, -0.15) is 0 Å². The molecule has 1 atom stereocenters. The van der Waals surface area contributed by atoms with E-state index in [1.165, 1.54) is 0 Å². The molecule has 0 aliphatic carbocycles. The molecule has 0 bridgehead atoms. The zero-order valence-electron chi connectivity index (χ0n) is 13.8. The number of nitrogens with zero attached hydrogens (tertiary/aromatic N) is 1. The fraction of sp³-hybridized carbons (Fsp3) is 0.211. The molecule has 7 nitrogen and oxygen atoms in total. The second-order valence-corrected chi connectivity index (χ2v) is 5.98. The first-order valence-corrected chi connectivity index (χ1v) is 7.96. The van der Waals surface area contributed by atoms with Crippen molar-refractivity contribution in [2.45, 2.75) is 25.0 Å². The predicted molar refractivity (Wildman–Crippen MR) is 92.1 cm³/mol. The Morgan fingerprint density at radius 2 is 1.88 bits per heavy atom. The van der Waals surface area contributed by atoms with Gasteiger partial charge < -0.3 is 19.8 Å². The van der Waals surface area contributed by atoms with Gasteiger partial charge >= 0.3 is 11.9 Å². The summed E-state index contributed by atoms with van der Waals surface area (Å²) < 4.78 is 5.75. The van der Waals surface area contributed by atoms with E-state index < -0.39 is 24.0 Å². The number of benzene rings is 2. The number of carboxylic acid groups (broad SMARTS) is 2. The molecular formula is C19H17NO6. The lowest BCUT2D eigenvalue weighted by molar-refractivity contribution is -0.169. The van der Waals surface area contributed by atoms with Crippen molar-refractivity contribution in [3.63, 3.8) is 0 Å². The molecule has 0 amide bonds. The Morgan fingerprint density at radius 3 is 2.58 bits per heavy atom. The fourth-order valence-corrected chi connectivity index (χ4v) is 2.67. The van der Waals surface area contributed by atoms with E-state index in [-0.39, 0.29) is 6.42 Å². The summed E-state index contributed by atoms with van der Waals surface area (Å²) in [6, 6.07) is 16.7. The number of carbonyl (C=O) groups is 2. The molecule has 2 aromatic carbocycles. The molecule has 7 heteroatoms. The van der Waals surface area contributed by atoms with Crippen molar-refractivity contribution in [1.82, 2.24) is 0 Å². The van der Waals surface area contributed by atoms with Crippen molar-refractivity contribution < 1.29 is 29.4 Å². The van der Waals surface area contributed by atoms with Crippen LogP contribution in [0.3, 0.4) is 0 Å². The third kappa shape index (κ3) is 3.83. The molecule has 1 heterocycles. The molecule has 1 aliphatic rings. The molecule has 0 aromatic heterocycles. The van der Waals surface area contributed by atoms with Crippen LogP contribution in [0.5, 0.6) is 5.75 Å². The van der Waals surface area contributed by atoms with E-state index in [2.05, 4.69) is 5.16 Å². The van der Waals surface area contributed by atoms with Gasteiger partial charge in [-0.1, -0.05) is 47.6 Å². The van der Waals surface area contributed by atoms with Gasteiger partial charge in [0.1, 0.15) is 12.4 Å². The second kappa shape index (κ2) is 7.26. The van der Waals surface area contributed by atoms with Gasteiger partial charge in [0.15, 0.2) is 0 Å². The molecule has 134 valence electrons. The van der Waals surface area contributed by atoms with E-state index in [0.717, 1.165) is 5.56 Å². The highest BCUT2D eigenvalue weighted by Gasteiger charge is 2.49. The Balaban J connectivity index is 1.72. The lowest BCUT2D eigenvalue weighted by atomic mass is 9.91. The number of aliphatic carboxylic acids is 2. The molecule has 0 radical (unpaired) electrons. The number of hydrogen-bond donors (Lipinski definition) is 2. The van der Waals surface area contributed by atoms with Crippen LogP contribution >= 0.6 is 0 Å². The van der Waals surface area contributed by atoms with E-state index in [1.807, 2.05) is 30.3 Å². The Morgan fingerprint density at radius 1 is 1.12 bits per heavy atom. The Kier molecular flexibility index (Phi) is 4.88. The van der Waals surface area contributed by atoms with Gasteiger partial charge in [0, 0.05) is 12.0 Å². The lowest BCUT2D eigenvalue weighted by Gasteiger charge is -2.18. The van der Waals surface area contributed by atoms with Crippen molar-refractivity contribution in [2.75, 3.05) is 0 Å². The molecule has 0 fully saturated rings. The highest BCUT2D eigenvalue weighted by atomic mass is 16.7. The number of oxime groups is 1. The molecule has 2 aromatic rings. The minimum atomic E-state index is -1.87. The van der Waals surface area contributed by atoms with Crippen LogP contribution in [0.1, 0.15) is 24.0 Å². The molecule has 3 rings (SSSR count). The zero-order chi connectivity index (χ0) is 18.6. The van der Waals surface area contributed by atoms with Gasteiger partial charge in [-0.25, -0.2) is 4.79 Å². The first kappa shape index (κ1) is 17.5. The van der Waals surface area contributed by atoms with E-state index in [4.69, 9.17) is 14.7 Å². The monoisotopic (exact) mass is 355 g/mol. The molecule has 0 saturated heterocycles. The van der Waals surface area contributed by atoms with Crippen molar-refractivity contribution in [3.8, 4) is 5.75 Å². The lowest BCUT2D eigenvalue weighted by Crippen LogP contribution is -2.41. The average Bonchev–Trinajstić information content (AvgIpc) is 3.06. The van der Waals surface area contributed by atoms with Crippen LogP contribution in [0.25, 0.3) is 0 Å². The summed E-state index contributed by atoms with van der Waals surface area (Å²) in [6.45, 7) is 0.394. The summed E-state index contributed by atoms with van der Waals surface area (Å²) in [6.07, 6.45) is -0.795. The number of carboxylic acids is 2. The average molecular weight is 355 g/mol. The SMILES string of the molecule is O=C(O)C[C@]1(C(=O)O)CC(c2cccc(OCc3ccccc3)c2)=NO1. The van der Waals surface area contributed by atoms with Crippen LogP contribution in [0, 0.1) is 0 Å². The number of rotatable bonds is 7. The minimum Gasteiger partial charge on any atom is -0.489 e. The van der Waals surface area contributed by atoms with Crippen LogP contribution in [-0.2, 0) is 21.0 Å². The van der Waals surface area contributed by atoms with Crippen molar-refractivity contribution in [1.29, 1.82) is 0 Å². The Labute approximate surface area is 149 Å². The van der Waals surface area contributed by atoms with Crippen LogP contribution in [0.2, 0.25) is 0 Å². The second-order valence-electron chi connectivity index (χ2n) is 5.98. The van der Waals surface area contributed by atoms with E-state index in [9.17, 15) is 14.7 Å². The quantitative estimate of drug-likeness (QED) is 0.791. The molecule has 0 unspecified atom stereocenters. The van der Waals surface area contributed by atoms with Crippen molar-refractivity contribution >= 4 is 17.7 Å². The highest BCUT2D eigenvalue weighted by molar-refractivity contribution is 6.05. The Bertz CT molecular complexity index is 848. The zero-order valence-corrected chi connectivity index (χ0v) is 13.8. The maximum Gasteiger partial charge on any atom is 0.351 e. The summed E-state index contributed by atoms with van der Waals surface area (Å²) >= 11 is 0. The van der Waals surface area contributed by atoms with Gasteiger partial charge in [-0.05, 0) is 17.7 Å². The largest absolute Gasteiger partial charge is 0.489 e. The summed E-state index contributed by atoms with van der Waals surface area (Å²) in [4.78, 5) is 27.5. The summed E-state index contributed by atoms with van der Waals surface area (Å²) in [5.41, 5.74) is 0.149. The van der Waals surface area contributed by atoms with Gasteiger partial charge in [0.25, 0.3) is 0 Å². The van der Waals surface area contributed by atoms with Crippen LogP contribution in [0.4, 0.5) is 0 Å². The standard InChI is InChI=1S/C19H17NO6/c21-17(22)11-19(18(23)24)10-16(20-26-19)14-7-4-8-15(9-14)25-12-13-5-2-1-3-6-13/h1-9H,10-12H2,(H,21,22)(H,23,24)/t19-/m0/s1. The van der Waals surface area contributed by atoms with Gasteiger partial charge in [-0.3, -0.25) is 4.79 Å². The molecule has 0 spiro atoms. The minimum absolute atomic E-state index is 0.128. The highest BCUT2D eigenvalue weighted by Crippen LogP contribution is 2.31.